The second-order valence-corrected chi connectivity index (χ2v) is 8.75. The Kier molecular flexibility index (Phi) is 4.62. The van der Waals surface area contributed by atoms with Gasteiger partial charge in [-0.3, -0.25) is 0 Å². The molecular weight excluding hydrogens is 292 g/mol. The summed E-state index contributed by atoms with van der Waals surface area (Å²) in [5.41, 5.74) is -0.932. The largest absolute Gasteiger partial charge is 0.444 e. The first-order valence-electron chi connectivity index (χ1n) is 9.23. The van der Waals surface area contributed by atoms with Crippen molar-refractivity contribution in [3.63, 3.8) is 0 Å². The van der Waals surface area contributed by atoms with Gasteiger partial charge in [0.05, 0.1) is 5.60 Å². The minimum Gasteiger partial charge on any atom is -0.444 e. The summed E-state index contributed by atoms with van der Waals surface area (Å²) in [5, 5.41) is 14.1. The predicted octanol–water partition coefficient (Wildman–Crippen LogP) is 2.81. The van der Waals surface area contributed by atoms with Crippen LogP contribution in [0.4, 0.5) is 4.79 Å². The zero-order valence-corrected chi connectivity index (χ0v) is 14.8. The second-order valence-electron chi connectivity index (χ2n) is 8.75. The molecule has 3 rings (SSSR count). The molecule has 132 valence electrons. The number of hydrogen-bond acceptors (Lipinski definition) is 4. The fourth-order valence-corrected chi connectivity index (χ4v) is 4.50. The smallest absolute Gasteiger partial charge is 0.410 e. The molecule has 0 spiro atoms. The molecule has 1 saturated carbocycles. The maximum Gasteiger partial charge on any atom is 0.410 e. The highest BCUT2D eigenvalue weighted by molar-refractivity contribution is 5.69. The van der Waals surface area contributed by atoms with Crippen molar-refractivity contribution >= 4 is 6.09 Å². The zero-order valence-electron chi connectivity index (χ0n) is 14.8. The Labute approximate surface area is 139 Å². The average molecular weight is 324 g/mol. The van der Waals surface area contributed by atoms with Gasteiger partial charge in [-0.05, 0) is 59.3 Å². The lowest BCUT2D eigenvalue weighted by Gasteiger charge is -2.40. The van der Waals surface area contributed by atoms with Gasteiger partial charge in [0.15, 0.2) is 0 Å². The molecule has 2 saturated heterocycles. The lowest BCUT2D eigenvalue weighted by molar-refractivity contribution is 0.00148. The molecule has 23 heavy (non-hydrogen) atoms. The van der Waals surface area contributed by atoms with Crippen LogP contribution in [-0.2, 0) is 4.74 Å². The Morgan fingerprint density at radius 2 is 1.78 bits per heavy atom. The standard InChI is InChI=1S/C18H32N2O3/c1-17(2,3)23-16(21)20-14-6-7-15(20)11-13(10-14)19-12-18(22)8-4-5-9-18/h13-15,19,22H,4-12H2,1-3H3. The highest BCUT2D eigenvalue weighted by atomic mass is 16.6. The van der Waals surface area contributed by atoms with Crippen LogP contribution in [0.1, 0.15) is 72.1 Å². The number of rotatable bonds is 3. The fraction of sp³-hybridized carbons (Fsp3) is 0.944. The van der Waals surface area contributed by atoms with Crippen LogP contribution >= 0.6 is 0 Å². The minimum atomic E-state index is -0.499. The van der Waals surface area contributed by atoms with Crippen molar-refractivity contribution in [2.75, 3.05) is 6.54 Å². The van der Waals surface area contributed by atoms with Crippen LogP contribution < -0.4 is 5.32 Å². The molecule has 2 aliphatic heterocycles. The first kappa shape index (κ1) is 17.0. The number of nitrogens with one attached hydrogen (secondary N) is 1. The second kappa shape index (κ2) is 6.25. The maximum atomic E-state index is 12.4. The Morgan fingerprint density at radius 1 is 1.22 bits per heavy atom. The van der Waals surface area contributed by atoms with Gasteiger partial charge in [-0.2, -0.15) is 0 Å². The van der Waals surface area contributed by atoms with Crippen LogP contribution in [0.5, 0.6) is 0 Å². The van der Waals surface area contributed by atoms with Gasteiger partial charge in [0, 0.05) is 24.7 Å². The maximum absolute atomic E-state index is 12.4. The van der Waals surface area contributed by atoms with E-state index in [1.54, 1.807) is 0 Å². The molecule has 2 heterocycles. The van der Waals surface area contributed by atoms with Gasteiger partial charge in [0.25, 0.3) is 0 Å². The van der Waals surface area contributed by atoms with Gasteiger partial charge in [-0.15, -0.1) is 0 Å². The summed E-state index contributed by atoms with van der Waals surface area (Å²) in [6.07, 6.45) is 8.07. The van der Waals surface area contributed by atoms with Crippen LogP contribution in [0.2, 0.25) is 0 Å². The number of carbonyl (C=O) groups is 1. The summed E-state index contributed by atoms with van der Waals surface area (Å²) in [5.74, 6) is 0. The Morgan fingerprint density at radius 3 is 2.30 bits per heavy atom. The third kappa shape index (κ3) is 4.00. The van der Waals surface area contributed by atoms with E-state index in [0.717, 1.165) is 51.4 Å². The number of carbonyl (C=O) groups excluding carboxylic acids is 1. The topological polar surface area (TPSA) is 61.8 Å². The molecule has 0 aromatic rings. The van der Waals surface area contributed by atoms with Crippen LogP contribution in [-0.4, -0.2) is 52.0 Å². The quantitative estimate of drug-likeness (QED) is 0.838. The first-order chi connectivity index (χ1) is 10.8. The summed E-state index contributed by atoms with van der Waals surface area (Å²) in [4.78, 5) is 14.4. The van der Waals surface area contributed by atoms with E-state index in [0.29, 0.717) is 24.7 Å². The molecular formula is C18H32N2O3. The predicted molar refractivity (Wildman–Crippen MR) is 89.3 cm³/mol. The molecule has 5 nitrogen and oxygen atoms in total. The van der Waals surface area contributed by atoms with Gasteiger partial charge in [0.1, 0.15) is 5.60 Å². The fourth-order valence-electron chi connectivity index (χ4n) is 4.50. The van der Waals surface area contributed by atoms with E-state index in [-0.39, 0.29) is 6.09 Å². The molecule has 5 heteroatoms. The summed E-state index contributed by atoms with van der Waals surface area (Å²) in [6.45, 7) is 6.46. The summed E-state index contributed by atoms with van der Waals surface area (Å²) in [7, 11) is 0. The van der Waals surface area contributed by atoms with E-state index in [4.69, 9.17) is 4.74 Å². The van der Waals surface area contributed by atoms with Crippen molar-refractivity contribution in [2.24, 2.45) is 0 Å². The summed E-state index contributed by atoms with van der Waals surface area (Å²) < 4.78 is 5.58. The number of nitrogens with zero attached hydrogens (tertiary/aromatic N) is 1. The van der Waals surface area contributed by atoms with E-state index < -0.39 is 11.2 Å². The molecule has 0 radical (unpaired) electrons. The lowest BCUT2D eigenvalue weighted by atomic mass is 9.95. The van der Waals surface area contributed by atoms with E-state index in [1.165, 1.54) is 0 Å². The number of fused-ring (bicyclic) bond motifs is 2. The van der Waals surface area contributed by atoms with Crippen molar-refractivity contribution in [3.8, 4) is 0 Å². The van der Waals surface area contributed by atoms with Crippen molar-refractivity contribution in [1.29, 1.82) is 0 Å². The highest BCUT2D eigenvalue weighted by Gasteiger charge is 2.45. The molecule has 3 aliphatic rings. The molecule has 0 aromatic heterocycles. The lowest BCUT2D eigenvalue weighted by Crippen LogP contribution is -2.54. The Hall–Kier alpha value is -0.810. The van der Waals surface area contributed by atoms with Gasteiger partial charge >= 0.3 is 6.09 Å². The Bertz CT molecular complexity index is 426. The van der Waals surface area contributed by atoms with Crippen molar-refractivity contribution in [2.45, 2.75) is 101 Å². The normalized spacial score (nSPS) is 33.0. The van der Waals surface area contributed by atoms with E-state index in [9.17, 15) is 9.90 Å². The third-order valence-electron chi connectivity index (χ3n) is 5.59. The van der Waals surface area contributed by atoms with E-state index in [2.05, 4.69) is 5.32 Å². The number of hydrogen-bond donors (Lipinski definition) is 2. The monoisotopic (exact) mass is 324 g/mol. The van der Waals surface area contributed by atoms with Crippen LogP contribution in [0.15, 0.2) is 0 Å². The molecule has 2 bridgehead atoms. The number of ether oxygens (including phenoxy) is 1. The highest BCUT2D eigenvalue weighted by Crippen LogP contribution is 2.37. The van der Waals surface area contributed by atoms with E-state index >= 15 is 0 Å². The number of aliphatic hydroxyl groups is 1. The van der Waals surface area contributed by atoms with Crippen molar-refractivity contribution in [3.05, 3.63) is 0 Å². The van der Waals surface area contributed by atoms with Crippen LogP contribution in [0, 0.1) is 0 Å². The van der Waals surface area contributed by atoms with Crippen LogP contribution in [0.3, 0.4) is 0 Å². The zero-order chi connectivity index (χ0) is 16.7. The molecule has 1 amide bonds. The van der Waals surface area contributed by atoms with Gasteiger partial charge in [-0.1, -0.05) is 12.8 Å². The van der Waals surface area contributed by atoms with Crippen molar-refractivity contribution in [1.82, 2.24) is 10.2 Å². The van der Waals surface area contributed by atoms with E-state index in [1.807, 2.05) is 25.7 Å². The molecule has 2 unspecified atom stereocenters. The number of piperidine rings is 1. The molecule has 1 aliphatic carbocycles. The molecule has 3 fully saturated rings. The van der Waals surface area contributed by atoms with Gasteiger partial charge in [-0.25, -0.2) is 4.79 Å². The third-order valence-corrected chi connectivity index (χ3v) is 5.59. The molecule has 2 N–H and O–H groups in total. The minimum absolute atomic E-state index is 0.155. The first-order valence-corrected chi connectivity index (χ1v) is 9.23. The summed E-state index contributed by atoms with van der Waals surface area (Å²) in [6, 6.07) is 0.995. The van der Waals surface area contributed by atoms with Gasteiger partial charge < -0.3 is 20.1 Å². The molecule has 0 aromatic carbocycles. The number of amides is 1. The molecule has 2 atom stereocenters. The SMILES string of the molecule is CC(C)(C)OC(=O)N1C2CCC1CC(NCC1(O)CCCC1)C2. The van der Waals surface area contributed by atoms with Crippen LogP contribution in [0.25, 0.3) is 0 Å². The van der Waals surface area contributed by atoms with Crippen molar-refractivity contribution < 1.29 is 14.6 Å². The van der Waals surface area contributed by atoms with Gasteiger partial charge in [0.2, 0.25) is 0 Å². The average Bonchev–Trinajstić information content (AvgIpc) is 2.98. The Balaban J connectivity index is 1.53. The summed E-state index contributed by atoms with van der Waals surface area (Å²) >= 11 is 0.